The van der Waals surface area contributed by atoms with Gasteiger partial charge in [0.1, 0.15) is 12.0 Å². The highest BCUT2D eigenvalue weighted by molar-refractivity contribution is 5.56. The van der Waals surface area contributed by atoms with Gasteiger partial charge in [0.2, 0.25) is 6.79 Å². The van der Waals surface area contributed by atoms with Crippen LogP contribution in [0.2, 0.25) is 0 Å². The van der Waals surface area contributed by atoms with E-state index in [0.29, 0.717) is 23.8 Å². The number of aromatic nitrogens is 2. The maximum atomic E-state index is 6.18. The van der Waals surface area contributed by atoms with Gasteiger partial charge in [0.05, 0.1) is 19.0 Å². The van der Waals surface area contributed by atoms with E-state index in [9.17, 15) is 0 Å². The Morgan fingerprint density at radius 1 is 0.857 bits per heavy atom. The van der Waals surface area contributed by atoms with Gasteiger partial charge in [-0.25, -0.2) is 9.97 Å². The summed E-state index contributed by atoms with van der Waals surface area (Å²) in [5.74, 6) is 2.75. The van der Waals surface area contributed by atoms with Crippen LogP contribution in [-0.4, -0.2) is 29.5 Å². The molecule has 0 N–H and O–H groups in total. The summed E-state index contributed by atoms with van der Waals surface area (Å²) in [6.07, 6.45) is 12.9. The van der Waals surface area contributed by atoms with Gasteiger partial charge in [-0.1, -0.05) is 69.4 Å². The molecule has 0 radical (unpaired) electrons. The largest absolute Gasteiger partial charge is 0.494 e. The van der Waals surface area contributed by atoms with Crippen LogP contribution in [0.1, 0.15) is 51.0 Å². The molecule has 3 aromatic rings. The average Bonchev–Trinajstić information content (AvgIpc) is 3.45. The smallest absolute Gasteiger partial charge is 0.230 e. The van der Waals surface area contributed by atoms with Crippen molar-refractivity contribution in [3.8, 4) is 22.9 Å². The average molecular weight is 475 g/mol. The molecular weight excluding hydrogens is 440 g/mol. The number of benzene rings is 2. The number of rotatable bonds is 14. The molecule has 6 nitrogen and oxygen atoms in total. The normalized spacial score (nSPS) is 13.5. The quantitative estimate of drug-likeness (QED) is 0.242. The Labute approximate surface area is 207 Å². The Bertz CT molecular complexity index is 1040. The summed E-state index contributed by atoms with van der Waals surface area (Å²) in [7, 11) is 0. The SMILES string of the molecule is CCCCCCCCOc1ccc(-c2ncc(OC(Cc3ccccc3)C3=COCO3)cn2)cc1. The van der Waals surface area contributed by atoms with E-state index in [1.165, 1.54) is 32.1 Å². The van der Waals surface area contributed by atoms with E-state index in [1.807, 2.05) is 42.5 Å². The number of nitrogens with zero attached hydrogens (tertiary/aromatic N) is 2. The first-order valence-corrected chi connectivity index (χ1v) is 12.5. The van der Waals surface area contributed by atoms with Crippen LogP contribution in [0.4, 0.5) is 0 Å². The fourth-order valence-electron chi connectivity index (χ4n) is 3.91. The zero-order valence-electron chi connectivity index (χ0n) is 20.4. The molecule has 1 aromatic heterocycles. The first-order chi connectivity index (χ1) is 17.3. The van der Waals surface area contributed by atoms with Gasteiger partial charge in [0.15, 0.2) is 23.4 Å². The lowest BCUT2D eigenvalue weighted by Crippen LogP contribution is -2.23. The third-order valence-corrected chi connectivity index (χ3v) is 5.86. The van der Waals surface area contributed by atoms with Crippen LogP contribution in [0.3, 0.4) is 0 Å². The van der Waals surface area contributed by atoms with Crippen LogP contribution < -0.4 is 9.47 Å². The van der Waals surface area contributed by atoms with Crippen LogP contribution in [0.25, 0.3) is 11.4 Å². The molecule has 0 amide bonds. The van der Waals surface area contributed by atoms with Crippen LogP contribution in [0.15, 0.2) is 79.0 Å². The van der Waals surface area contributed by atoms with Crippen molar-refractivity contribution in [2.45, 2.75) is 58.0 Å². The molecule has 184 valence electrons. The summed E-state index contributed by atoms with van der Waals surface area (Å²) in [6.45, 7) is 3.20. The van der Waals surface area contributed by atoms with Gasteiger partial charge in [-0.3, -0.25) is 0 Å². The summed E-state index contributed by atoms with van der Waals surface area (Å²) in [5, 5.41) is 0. The van der Waals surface area contributed by atoms with Crippen molar-refractivity contribution in [1.82, 2.24) is 9.97 Å². The number of hydrogen-bond donors (Lipinski definition) is 0. The van der Waals surface area contributed by atoms with Crippen molar-refractivity contribution in [1.29, 1.82) is 0 Å². The standard InChI is InChI=1S/C29H34N2O4/c1-2-3-4-5-6-10-17-33-25-15-13-24(14-16-25)29-30-19-26(20-31-29)35-27(28-21-32-22-34-28)18-23-11-8-7-9-12-23/h7-9,11-16,19-21,27H,2-6,10,17-18,22H2,1H3. The van der Waals surface area contributed by atoms with Gasteiger partial charge in [-0.05, 0) is 36.2 Å². The maximum absolute atomic E-state index is 6.18. The molecule has 35 heavy (non-hydrogen) atoms. The second kappa shape index (κ2) is 13.4. The predicted molar refractivity (Wildman–Crippen MR) is 136 cm³/mol. The van der Waals surface area contributed by atoms with Crippen LogP contribution in [0, 0.1) is 0 Å². The zero-order chi connectivity index (χ0) is 24.1. The second-order valence-electron chi connectivity index (χ2n) is 8.63. The number of unbranched alkanes of at least 4 members (excludes halogenated alkanes) is 5. The summed E-state index contributed by atoms with van der Waals surface area (Å²) in [5.41, 5.74) is 2.07. The third-order valence-electron chi connectivity index (χ3n) is 5.86. The summed E-state index contributed by atoms with van der Waals surface area (Å²) >= 11 is 0. The molecule has 1 aliphatic rings. The zero-order valence-corrected chi connectivity index (χ0v) is 20.4. The Hall–Kier alpha value is -3.54. The molecule has 1 atom stereocenters. The molecule has 0 bridgehead atoms. The number of hydrogen-bond acceptors (Lipinski definition) is 6. The van der Waals surface area contributed by atoms with Crippen molar-refractivity contribution in [2.24, 2.45) is 0 Å². The Kier molecular flexibility index (Phi) is 9.39. The van der Waals surface area contributed by atoms with Crippen molar-refractivity contribution < 1.29 is 18.9 Å². The molecule has 2 heterocycles. The van der Waals surface area contributed by atoms with E-state index >= 15 is 0 Å². The minimum absolute atomic E-state index is 0.206. The minimum atomic E-state index is -0.322. The van der Waals surface area contributed by atoms with Crippen molar-refractivity contribution >= 4 is 0 Å². The van der Waals surface area contributed by atoms with Crippen LogP contribution >= 0.6 is 0 Å². The highest BCUT2D eigenvalue weighted by Crippen LogP contribution is 2.24. The molecular formula is C29H34N2O4. The maximum Gasteiger partial charge on any atom is 0.230 e. The molecule has 4 rings (SSSR count). The van der Waals surface area contributed by atoms with Gasteiger partial charge >= 0.3 is 0 Å². The Morgan fingerprint density at radius 3 is 2.31 bits per heavy atom. The van der Waals surface area contributed by atoms with Gasteiger partial charge in [-0.2, -0.15) is 0 Å². The van der Waals surface area contributed by atoms with E-state index < -0.39 is 0 Å². The predicted octanol–water partition coefficient (Wildman–Crippen LogP) is 6.72. The molecule has 0 saturated carbocycles. The van der Waals surface area contributed by atoms with E-state index in [0.717, 1.165) is 29.9 Å². The lowest BCUT2D eigenvalue weighted by molar-refractivity contribution is 0.0556. The van der Waals surface area contributed by atoms with Crippen molar-refractivity contribution in [3.63, 3.8) is 0 Å². The highest BCUT2D eigenvalue weighted by Gasteiger charge is 2.23. The van der Waals surface area contributed by atoms with E-state index in [2.05, 4.69) is 29.0 Å². The fourth-order valence-corrected chi connectivity index (χ4v) is 3.91. The molecule has 0 aliphatic carbocycles. The highest BCUT2D eigenvalue weighted by atomic mass is 16.7. The molecule has 6 heteroatoms. The van der Waals surface area contributed by atoms with Gasteiger partial charge in [0.25, 0.3) is 0 Å². The molecule has 1 unspecified atom stereocenters. The summed E-state index contributed by atoms with van der Waals surface area (Å²) in [6, 6.07) is 18.1. The second-order valence-corrected chi connectivity index (χ2v) is 8.63. The van der Waals surface area contributed by atoms with Gasteiger partial charge < -0.3 is 18.9 Å². The fraction of sp³-hybridized carbons (Fsp3) is 0.379. The van der Waals surface area contributed by atoms with Gasteiger partial charge in [0, 0.05) is 12.0 Å². The monoisotopic (exact) mass is 474 g/mol. The molecule has 0 spiro atoms. The van der Waals surface area contributed by atoms with Gasteiger partial charge in [-0.15, -0.1) is 0 Å². The molecule has 1 aliphatic heterocycles. The lowest BCUT2D eigenvalue weighted by atomic mass is 10.1. The number of ether oxygens (including phenoxy) is 4. The topological polar surface area (TPSA) is 62.7 Å². The van der Waals surface area contributed by atoms with Crippen LogP contribution in [-0.2, 0) is 15.9 Å². The van der Waals surface area contributed by atoms with Crippen molar-refractivity contribution in [2.75, 3.05) is 13.4 Å². The molecule has 2 aromatic carbocycles. The molecule has 0 saturated heterocycles. The van der Waals surface area contributed by atoms with Crippen LogP contribution in [0.5, 0.6) is 11.5 Å². The molecule has 0 fully saturated rings. The van der Waals surface area contributed by atoms with Crippen molar-refractivity contribution in [3.05, 3.63) is 84.6 Å². The first kappa shape index (κ1) is 24.6. The third kappa shape index (κ3) is 7.74. The lowest BCUT2D eigenvalue weighted by Gasteiger charge is -2.18. The van der Waals surface area contributed by atoms with E-state index in [-0.39, 0.29) is 12.9 Å². The summed E-state index contributed by atoms with van der Waals surface area (Å²) in [4.78, 5) is 9.02. The first-order valence-electron chi connectivity index (χ1n) is 12.5. The van der Waals surface area contributed by atoms with E-state index in [1.54, 1.807) is 18.7 Å². The summed E-state index contributed by atoms with van der Waals surface area (Å²) < 4.78 is 22.9. The van der Waals surface area contributed by atoms with E-state index in [4.69, 9.17) is 18.9 Å². The Balaban J connectivity index is 1.30. The Morgan fingerprint density at radius 2 is 1.60 bits per heavy atom. The minimum Gasteiger partial charge on any atom is -0.494 e.